The molecule has 78 valence electrons. The number of H-pyrrole nitrogens is 1. The second-order valence-electron chi connectivity index (χ2n) is 3.63. The quantitative estimate of drug-likeness (QED) is 0.795. The van der Waals surface area contributed by atoms with E-state index in [9.17, 15) is 4.79 Å². The summed E-state index contributed by atoms with van der Waals surface area (Å²) in [5.74, 6) is 0. The van der Waals surface area contributed by atoms with E-state index in [1.54, 1.807) is 10.9 Å². The Labute approximate surface area is 88.4 Å². The van der Waals surface area contributed by atoms with Gasteiger partial charge in [0, 0.05) is 11.8 Å². The van der Waals surface area contributed by atoms with E-state index in [1.165, 1.54) is 5.56 Å². The summed E-state index contributed by atoms with van der Waals surface area (Å²) in [7, 11) is 0. The molecule has 1 aromatic heterocycles. The van der Waals surface area contributed by atoms with Crippen LogP contribution in [0.4, 0.5) is 0 Å². The van der Waals surface area contributed by atoms with E-state index in [-0.39, 0.29) is 5.56 Å². The molecule has 0 aliphatic heterocycles. The van der Waals surface area contributed by atoms with Crippen molar-refractivity contribution in [3.05, 3.63) is 51.9 Å². The van der Waals surface area contributed by atoms with Crippen LogP contribution < -0.4 is 5.56 Å². The molecule has 0 unspecified atom stereocenters. The number of nitrogens with zero attached hydrogens (tertiary/aromatic N) is 1. The summed E-state index contributed by atoms with van der Waals surface area (Å²) in [4.78, 5) is 11.8. The van der Waals surface area contributed by atoms with E-state index in [0.717, 1.165) is 17.7 Å². The highest BCUT2D eigenvalue weighted by molar-refractivity contribution is 5.33. The third kappa shape index (κ3) is 1.73. The third-order valence-corrected chi connectivity index (χ3v) is 2.52. The predicted molar refractivity (Wildman–Crippen MR) is 60.5 cm³/mol. The highest BCUT2D eigenvalue weighted by Crippen LogP contribution is 2.06. The first-order valence-electron chi connectivity index (χ1n) is 5.08. The van der Waals surface area contributed by atoms with Gasteiger partial charge < -0.3 is 0 Å². The molecule has 3 heteroatoms. The Morgan fingerprint density at radius 3 is 2.47 bits per heavy atom. The number of nitrogens with one attached hydrogen (secondary N) is 1. The molecule has 0 aliphatic rings. The normalized spacial score (nSPS) is 10.5. The largest absolute Gasteiger partial charge is 0.298 e. The van der Waals surface area contributed by atoms with Gasteiger partial charge in [-0.05, 0) is 25.5 Å². The first-order valence-corrected chi connectivity index (χ1v) is 5.08. The molecule has 1 aromatic carbocycles. The van der Waals surface area contributed by atoms with Gasteiger partial charge in [0.25, 0.3) is 5.56 Å². The van der Waals surface area contributed by atoms with Crippen molar-refractivity contribution < 1.29 is 0 Å². The van der Waals surface area contributed by atoms with Gasteiger partial charge in [0.2, 0.25) is 0 Å². The second kappa shape index (κ2) is 3.77. The fourth-order valence-corrected chi connectivity index (χ4v) is 1.55. The number of hydrogen-bond acceptors (Lipinski definition) is 1. The molecular formula is C12H14N2O. The first-order chi connectivity index (χ1) is 7.22. The molecule has 1 heterocycles. The van der Waals surface area contributed by atoms with E-state index < -0.39 is 0 Å². The molecule has 0 saturated heterocycles. The third-order valence-electron chi connectivity index (χ3n) is 2.52. The zero-order valence-corrected chi connectivity index (χ0v) is 8.95. The number of aryl methyl sites for hydroxylation is 2. The fourth-order valence-electron chi connectivity index (χ4n) is 1.55. The number of aromatic amines is 1. The molecule has 0 saturated carbocycles. The van der Waals surface area contributed by atoms with Crippen LogP contribution in [-0.4, -0.2) is 9.78 Å². The predicted octanol–water partition coefficient (Wildman–Crippen LogP) is 2.04. The SMILES string of the molecule is CCc1c[nH]n(-c2ccc(C)cc2)c1=O. The fraction of sp³-hybridized carbons (Fsp3) is 0.250. The molecule has 2 rings (SSSR count). The van der Waals surface area contributed by atoms with Gasteiger partial charge in [0.1, 0.15) is 0 Å². The van der Waals surface area contributed by atoms with Crippen LogP contribution in [0, 0.1) is 6.92 Å². The summed E-state index contributed by atoms with van der Waals surface area (Å²) < 4.78 is 1.57. The van der Waals surface area contributed by atoms with Crippen LogP contribution in [0.3, 0.4) is 0 Å². The smallest absolute Gasteiger partial charge is 0.274 e. The van der Waals surface area contributed by atoms with E-state index >= 15 is 0 Å². The molecule has 0 amide bonds. The van der Waals surface area contributed by atoms with Crippen LogP contribution in [0.15, 0.2) is 35.3 Å². The standard InChI is InChI=1S/C12H14N2O/c1-3-10-8-13-14(12(10)15)11-6-4-9(2)5-7-11/h4-8,13H,3H2,1-2H3. The number of hydrogen-bond donors (Lipinski definition) is 1. The van der Waals surface area contributed by atoms with Crippen molar-refractivity contribution in [1.29, 1.82) is 0 Å². The summed E-state index contributed by atoms with van der Waals surface area (Å²) in [5.41, 5.74) is 2.93. The van der Waals surface area contributed by atoms with Crippen LogP contribution in [0.2, 0.25) is 0 Å². The summed E-state index contributed by atoms with van der Waals surface area (Å²) in [6.07, 6.45) is 2.52. The van der Waals surface area contributed by atoms with Crippen LogP contribution in [0.25, 0.3) is 5.69 Å². The zero-order chi connectivity index (χ0) is 10.8. The Morgan fingerprint density at radius 2 is 1.93 bits per heavy atom. The Morgan fingerprint density at radius 1 is 1.27 bits per heavy atom. The van der Waals surface area contributed by atoms with E-state index in [0.29, 0.717) is 0 Å². The maximum atomic E-state index is 11.8. The molecule has 0 aliphatic carbocycles. The van der Waals surface area contributed by atoms with Crippen molar-refractivity contribution in [2.75, 3.05) is 0 Å². The van der Waals surface area contributed by atoms with Gasteiger partial charge in [0.05, 0.1) is 5.69 Å². The van der Waals surface area contributed by atoms with Crippen molar-refractivity contribution in [3.63, 3.8) is 0 Å². The lowest BCUT2D eigenvalue weighted by molar-refractivity contribution is 0.846. The van der Waals surface area contributed by atoms with Crippen LogP contribution in [-0.2, 0) is 6.42 Å². The summed E-state index contributed by atoms with van der Waals surface area (Å²) >= 11 is 0. The lowest BCUT2D eigenvalue weighted by Gasteiger charge is -2.01. The molecule has 0 atom stereocenters. The Balaban J connectivity index is 2.50. The minimum atomic E-state index is 0.0429. The molecule has 1 N–H and O–H groups in total. The van der Waals surface area contributed by atoms with Gasteiger partial charge in [-0.3, -0.25) is 9.89 Å². The number of benzene rings is 1. The van der Waals surface area contributed by atoms with Crippen LogP contribution in [0.5, 0.6) is 0 Å². The Hall–Kier alpha value is -1.77. The molecule has 3 nitrogen and oxygen atoms in total. The minimum absolute atomic E-state index is 0.0429. The lowest BCUT2D eigenvalue weighted by Crippen LogP contribution is -2.16. The monoisotopic (exact) mass is 202 g/mol. The van der Waals surface area contributed by atoms with Gasteiger partial charge in [-0.1, -0.05) is 24.6 Å². The topological polar surface area (TPSA) is 37.8 Å². The lowest BCUT2D eigenvalue weighted by atomic mass is 10.2. The average Bonchev–Trinajstić information content (AvgIpc) is 2.61. The van der Waals surface area contributed by atoms with E-state index in [1.807, 2.05) is 38.1 Å². The van der Waals surface area contributed by atoms with Gasteiger partial charge >= 0.3 is 0 Å². The minimum Gasteiger partial charge on any atom is -0.298 e. The van der Waals surface area contributed by atoms with Gasteiger partial charge in [0.15, 0.2) is 0 Å². The van der Waals surface area contributed by atoms with Crippen molar-refractivity contribution in [2.45, 2.75) is 20.3 Å². The van der Waals surface area contributed by atoms with Gasteiger partial charge in [-0.15, -0.1) is 0 Å². The van der Waals surface area contributed by atoms with Crippen molar-refractivity contribution in [1.82, 2.24) is 9.78 Å². The molecule has 0 bridgehead atoms. The molecule has 15 heavy (non-hydrogen) atoms. The van der Waals surface area contributed by atoms with Gasteiger partial charge in [-0.25, -0.2) is 4.68 Å². The Bertz CT molecular complexity index is 505. The van der Waals surface area contributed by atoms with Crippen LogP contribution in [0.1, 0.15) is 18.1 Å². The summed E-state index contributed by atoms with van der Waals surface area (Å²) in [6.45, 7) is 4.00. The van der Waals surface area contributed by atoms with Crippen molar-refractivity contribution >= 4 is 0 Å². The molecule has 0 radical (unpaired) electrons. The maximum absolute atomic E-state index is 11.8. The summed E-state index contributed by atoms with van der Waals surface area (Å²) in [6, 6.07) is 7.86. The molecular weight excluding hydrogens is 188 g/mol. The zero-order valence-electron chi connectivity index (χ0n) is 8.95. The average molecular weight is 202 g/mol. The highest BCUT2D eigenvalue weighted by Gasteiger charge is 2.04. The summed E-state index contributed by atoms with van der Waals surface area (Å²) in [5, 5.41) is 2.96. The molecule has 2 aromatic rings. The van der Waals surface area contributed by atoms with Crippen molar-refractivity contribution in [2.24, 2.45) is 0 Å². The maximum Gasteiger partial charge on any atom is 0.274 e. The Kier molecular flexibility index (Phi) is 2.46. The van der Waals surface area contributed by atoms with Gasteiger partial charge in [-0.2, -0.15) is 0 Å². The highest BCUT2D eigenvalue weighted by atomic mass is 16.1. The molecule has 0 spiro atoms. The van der Waals surface area contributed by atoms with Crippen LogP contribution >= 0.6 is 0 Å². The van der Waals surface area contributed by atoms with E-state index in [4.69, 9.17) is 0 Å². The first kappa shape index (κ1) is 9.77. The van der Waals surface area contributed by atoms with E-state index in [2.05, 4.69) is 5.10 Å². The number of aromatic nitrogens is 2. The molecule has 0 fully saturated rings. The second-order valence-corrected chi connectivity index (χ2v) is 3.63. The van der Waals surface area contributed by atoms with Crippen molar-refractivity contribution in [3.8, 4) is 5.69 Å². The number of rotatable bonds is 2.